The van der Waals surface area contributed by atoms with Gasteiger partial charge < -0.3 is 15.8 Å². The Labute approximate surface area is 163 Å². The molecule has 2 aromatic carbocycles. The van der Waals surface area contributed by atoms with Gasteiger partial charge in [0, 0.05) is 13.6 Å². The topological polar surface area (TPSA) is 90.9 Å². The van der Waals surface area contributed by atoms with Crippen LogP contribution >= 0.6 is 0 Å². The molecular weight excluding hydrogens is 352 g/mol. The van der Waals surface area contributed by atoms with Crippen molar-refractivity contribution < 1.29 is 4.74 Å². The average Bonchev–Trinajstić information content (AvgIpc) is 3.09. The van der Waals surface area contributed by atoms with E-state index in [0.717, 1.165) is 22.1 Å². The van der Waals surface area contributed by atoms with Gasteiger partial charge in [0.15, 0.2) is 5.65 Å². The lowest BCUT2D eigenvalue weighted by Gasteiger charge is -2.12. The highest BCUT2D eigenvalue weighted by Gasteiger charge is 2.10. The first-order chi connectivity index (χ1) is 13.7. The first-order valence-electron chi connectivity index (χ1n) is 9.08. The number of nitrogen functional groups attached to an aromatic ring is 1. The zero-order chi connectivity index (χ0) is 19.3. The lowest BCUT2D eigenvalue weighted by Crippen LogP contribution is -2.08. The molecule has 4 rings (SSSR count). The second-order valence-electron chi connectivity index (χ2n) is 6.54. The second kappa shape index (κ2) is 8.06. The number of aromatic nitrogens is 4. The molecule has 0 fully saturated rings. The standard InChI is InChI=1S/C21H22N6O/c1-27-20-18(12-24-27)19(22)25-21(26-20)23-11-16-9-5-6-10-17(16)14-28-13-15-7-3-2-4-8-15/h2-10,12H,11,13-14H2,1H3,(H3,22,23,25,26). The van der Waals surface area contributed by atoms with Gasteiger partial charge in [-0.15, -0.1) is 0 Å². The van der Waals surface area contributed by atoms with Crippen molar-refractivity contribution in [1.82, 2.24) is 19.7 Å². The van der Waals surface area contributed by atoms with Gasteiger partial charge in [-0.25, -0.2) is 0 Å². The van der Waals surface area contributed by atoms with E-state index in [-0.39, 0.29) is 0 Å². The van der Waals surface area contributed by atoms with Crippen molar-refractivity contribution in [1.29, 1.82) is 0 Å². The van der Waals surface area contributed by atoms with Crippen LogP contribution in [0.5, 0.6) is 0 Å². The lowest BCUT2D eigenvalue weighted by atomic mass is 10.1. The van der Waals surface area contributed by atoms with Crippen LogP contribution in [0.25, 0.3) is 11.0 Å². The maximum atomic E-state index is 6.03. The summed E-state index contributed by atoms with van der Waals surface area (Å²) in [5, 5.41) is 8.19. The monoisotopic (exact) mass is 374 g/mol. The molecular formula is C21H22N6O. The SMILES string of the molecule is Cn1ncc2c(N)nc(NCc3ccccc3COCc3ccccc3)nc21. The number of fused-ring (bicyclic) bond motifs is 1. The summed E-state index contributed by atoms with van der Waals surface area (Å²) in [4.78, 5) is 8.84. The normalized spacial score (nSPS) is 11.0. The van der Waals surface area contributed by atoms with Crippen molar-refractivity contribution in [2.45, 2.75) is 19.8 Å². The molecule has 4 aromatic rings. The third-order valence-corrected chi connectivity index (χ3v) is 4.55. The number of ether oxygens (including phenoxy) is 1. The number of aryl methyl sites for hydroxylation is 1. The molecule has 0 saturated carbocycles. The van der Waals surface area contributed by atoms with E-state index in [1.807, 2.05) is 37.4 Å². The Morgan fingerprint density at radius 2 is 1.71 bits per heavy atom. The summed E-state index contributed by atoms with van der Waals surface area (Å²) in [7, 11) is 1.83. The molecule has 2 aromatic heterocycles. The van der Waals surface area contributed by atoms with E-state index in [1.54, 1.807) is 10.9 Å². The van der Waals surface area contributed by atoms with E-state index in [0.29, 0.717) is 37.2 Å². The van der Waals surface area contributed by atoms with E-state index in [2.05, 4.69) is 44.6 Å². The molecule has 7 nitrogen and oxygen atoms in total. The molecule has 0 aliphatic rings. The lowest BCUT2D eigenvalue weighted by molar-refractivity contribution is 0.106. The Kier molecular flexibility index (Phi) is 5.16. The summed E-state index contributed by atoms with van der Waals surface area (Å²) in [6, 6.07) is 18.3. The van der Waals surface area contributed by atoms with Crippen molar-refractivity contribution in [3.05, 3.63) is 77.5 Å². The maximum absolute atomic E-state index is 6.03. The molecule has 0 aliphatic heterocycles. The summed E-state index contributed by atoms with van der Waals surface area (Å²) in [6.45, 7) is 1.70. The van der Waals surface area contributed by atoms with Gasteiger partial charge >= 0.3 is 0 Å². The Balaban J connectivity index is 1.43. The van der Waals surface area contributed by atoms with Crippen LogP contribution < -0.4 is 11.1 Å². The third-order valence-electron chi connectivity index (χ3n) is 4.55. The number of nitrogens with two attached hydrogens (primary N) is 1. The Morgan fingerprint density at radius 3 is 2.54 bits per heavy atom. The summed E-state index contributed by atoms with van der Waals surface area (Å²) < 4.78 is 7.57. The van der Waals surface area contributed by atoms with E-state index in [9.17, 15) is 0 Å². The molecule has 0 radical (unpaired) electrons. The first kappa shape index (κ1) is 17.9. The highest BCUT2D eigenvalue weighted by Crippen LogP contribution is 2.19. The Morgan fingerprint density at radius 1 is 0.964 bits per heavy atom. The van der Waals surface area contributed by atoms with Gasteiger partial charge in [0.1, 0.15) is 5.82 Å². The Hall–Kier alpha value is -3.45. The van der Waals surface area contributed by atoms with Crippen LogP contribution in [-0.4, -0.2) is 19.7 Å². The van der Waals surface area contributed by atoms with Crippen LogP contribution in [0.2, 0.25) is 0 Å². The number of rotatable bonds is 7. The summed E-state index contributed by atoms with van der Waals surface area (Å²) in [6.07, 6.45) is 1.67. The fraction of sp³-hybridized carbons (Fsp3) is 0.190. The Bertz CT molecular complexity index is 1080. The van der Waals surface area contributed by atoms with Crippen molar-refractivity contribution in [3.8, 4) is 0 Å². The molecule has 0 bridgehead atoms. The van der Waals surface area contributed by atoms with Gasteiger partial charge in [0.05, 0.1) is 24.8 Å². The fourth-order valence-electron chi connectivity index (χ4n) is 3.02. The molecule has 0 aliphatic carbocycles. The van der Waals surface area contributed by atoms with Crippen molar-refractivity contribution in [2.75, 3.05) is 11.1 Å². The number of nitrogens with zero attached hydrogens (tertiary/aromatic N) is 4. The van der Waals surface area contributed by atoms with Crippen LogP contribution in [0, 0.1) is 0 Å². The number of nitrogens with one attached hydrogen (secondary N) is 1. The number of hydrogen-bond donors (Lipinski definition) is 2. The predicted octanol–water partition coefficient (Wildman–Crippen LogP) is 3.27. The highest BCUT2D eigenvalue weighted by atomic mass is 16.5. The molecule has 0 amide bonds. The third kappa shape index (κ3) is 3.94. The van der Waals surface area contributed by atoms with Gasteiger partial charge in [-0.2, -0.15) is 15.1 Å². The zero-order valence-corrected chi connectivity index (χ0v) is 15.7. The van der Waals surface area contributed by atoms with Gasteiger partial charge in [-0.05, 0) is 16.7 Å². The molecule has 0 unspecified atom stereocenters. The smallest absolute Gasteiger partial charge is 0.226 e. The zero-order valence-electron chi connectivity index (χ0n) is 15.7. The average molecular weight is 374 g/mol. The van der Waals surface area contributed by atoms with Crippen molar-refractivity contribution in [2.24, 2.45) is 7.05 Å². The van der Waals surface area contributed by atoms with Gasteiger partial charge in [0.2, 0.25) is 5.95 Å². The molecule has 0 atom stereocenters. The molecule has 7 heteroatoms. The van der Waals surface area contributed by atoms with E-state index in [4.69, 9.17) is 10.5 Å². The number of benzene rings is 2. The quantitative estimate of drug-likeness (QED) is 0.516. The van der Waals surface area contributed by atoms with E-state index >= 15 is 0 Å². The van der Waals surface area contributed by atoms with Crippen LogP contribution in [0.1, 0.15) is 16.7 Å². The van der Waals surface area contributed by atoms with Crippen molar-refractivity contribution in [3.63, 3.8) is 0 Å². The van der Waals surface area contributed by atoms with Gasteiger partial charge in [-0.1, -0.05) is 54.6 Å². The summed E-state index contributed by atoms with van der Waals surface area (Å²) in [5.74, 6) is 0.897. The second-order valence-corrected chi connectivity index (χ2v) is 6.54. The summed E-state index contributed by atoms with van der Waals surface area (Å²) in [5.41, 5.74) is 10.1. The van der Waals surface area contributed by atoms with Crippen LogP contribution in [0.3, 0.4) is 0 Å². The number of anilines is 2. The minimum Gasteiger partial charge on any atom is -0.383 e. The predicted molar refractivity (Wildman–Crippen MR) is 109 cm³/mol. The highest BCUT2D eigenvalue weighted by molar-refractivity contribution is 5.86. The maximum Gasteiger partial charge on any atom is 0.226 e. The molecule has 2 heterocycles. The molecule has 142 valence electrons. The van der Waals surface area contributed by atoms with Crippen molar-refractivity contribution >= 4 is 22.8 Å². The van der Waals surface area contributed by atoms with Crippen LogP contribution in [0.4, 0.5) is 11.8 Å². The molecule has 0 saturated heterocycles. The van der Waals surface area contributed by atoms with Crippen LogP contribution in [-0.2, 0) is 31.5 Å². The minimum absolute atomic E-state index is 0.417. The van der Waals surface area contributed by atoms with E-state index in [1.165, 1.54) is 0 Å². The fourth-order valence-corrected chi connectivity index (χ4v) is 3.02. The molecule has 0 spiro atoms. The minimum atomic E-state index is 0.417. The first-order valence-corrected chi connectivity index (χ1v) is 9.08. The molecule has 28 heavy (non-hydrogen) atoms. The van der Waals surface area contributed by atoms with Gasteiger partial charge in [0.25, 0.3) is 0 Å². The molecule has 3 N–H and O–H groups in total. The van der Waals surface area contributed by atoms with Crippen LogP contribution in [0.15, 0.2) is 60.8 Å². The van der Waals surface area contributed by atoms with E-state index < -0.39 is 0 Å². The summed E-state index contributed by atoms with van der Waals surface area (Å²) >= 11 is 0. The largest absolute Gasteiger partial charge is 0.383 e. The van der Waals surface area contributed by atoms with Gasteiger partial charge in [-0.3, -0.25) is 4.68 Å². The number of hydrogen-bond acceptors (Lipinski definition) is 6.